The van der Waals surface area contributed by atoms with Gasteiger partial charge in [0, 0.05) is 10.6 Å². The lowest BCUT2D eigenvalue weighted by atomic mass is 9.79. The SMILES string of the molecule is O=C(NNC(=O)[C@@H]1CCCC[C@@H]1C(=O)O)c1cccc(Cl)c1. The molecule has 7 heteroatoms. The van der Waals surface area contributed by atoms with Crippen LogP contribution < -0.4 is 10.9 Å². The number of hydrazine groups is 1. The molecule has 6 nitrogen and oxygen atoms in total. The van der Waals surface area contributed by atoms with E-state index in [0.717, 1.165) is 12.8 Å². The first-order valence-electron chi connectivity index (χ1n) is 7.07. The Morgan fingerprint density at radius 3 is 2.41 bits per heavy atom. The standard InChI is InChI=1S/C15H17ClN2O4/c16-10-5-3-4-9(8-10)13(19)17-18-14(20)11-6-1-2-7-12(11)15(21)22/h3-5,8,11-12H,1-2,6-7H2,(H,17,19)(H,18,20)(H,21,22)/t11-,12+/m1/s1. The summed E-state index contributed by atoms with van der Waals surface area (Å²) < 4.78 is 0. The molecule has 118 valence electrons. The van der Waals surface area contributed by atoms with E-state index in [1.165, 1.54) is 6.07 Å². The summed E-state index contributed by atoms with van der Waals surface area (Å²) in [5.41, 5.74) is 4.91. The van der Waals surface area contributed by atoms with Gasteiger partial charge in [0.05, 0.1) is 11.8 Å². The predicted octanol–water partition coefficient (Wildman–Crippen LogP) is 1.99. The minimum absolute atomic E-state index is 0.311. The van der Waals surface area contributed by atoms with Gasteiger partial charge in [-0.25, -0.2) is 0 Å². The molecule has 1 aliphatic rings. The molecule has 22 heavy (non-hydrogen) atoms. The second-order valence-corrected chi connectivity index (χ2v) is 5.73. The number of amides is 2. The van der Waals surface area contributed by atoms with E-state index in [2.05, 4.69) is 10.9 Å². The average molecular weight is 325 g/mol. The van der Waals surface area contributed by atoms with Crippen molar-refractivity contribution < 1.29 is 19.5 Å². The molecular weight excluding hydrogens is 308 g/mol. The van der Waals surface area contributed by atoms with E-state index in [-0.39, 0.29) is 0 Å². The summed E-state index contributed by atoms with van der Waals surface area (Å²) in [4.78, 5) is 35.2. The van der Waals surface area contributed by atoms with E-state index >= 15 is 0 Å². The Morgan fingerprint density at radius 1 is 1.09 bits per heavy atom. The van der Waals surface area contributed by atoms with E-state index in [0.29, 0.717) is 23.4 Å². The van der Waals surface area contributed by atoms with E-state index in [1.54, 1.807) is 18.2 Å². The Morgan fingerprint density at radius 2 is 1.77 bits per heavy atom. The fourth-order valence-electron chi connectivity index (χ4n) is 2.65. The number of hydrogen-bond acceptors (Lipinski definition) is 3. The van der Waals surface area contributed by atoms with Crippen LogP contribution in [0.3, 0.4) is 0 Å². The summed E-state index contributed by atoms with van der Waals surface area (Å²) in [6.45, 7) is 0. The van der Waals surface area contributed by atoms with Crippen LogP contribution in [0.25, 0.3) is 0 Å². The number of nitrogens with one attached hydrogen (secondary N) is 2. The number of carboxylic acids is 1. The van der Waals surface area contributed by atoms with Crippen LogP contribution in [0.5, 0.6) is 0 Å². The van der Waals surface area contributed by atoms with Crippen LogP contribution in [0.2, 0.25) is 5.02 Å². The fourth-order valence-corrected chi connectivity index (χ4v) is 2.84. The van der Waals surface area contributed by atoms with Gasteiger partial charge in [0.1, 0.15) is 0 Å². The Labute approximate surface area is 132 Å². The third-order valence-corrected chi connectivity index (χ3v) is 4.04. The maximum Gasteiger partial charge on any atom is 0.307 e. The van der Waals surface area contributed by atoms with Gasteiger partial charge < -0.3 is 5.11 Å². The van der Waals surface area contributed by atoms with Gasteiger partial charge in [-0.2, -0.15) is 0 Å². The highest BCUT2D eigenvalue weighted by Gasteiger charge is 2.35. The molecule has 1 aromatic carbocycles. The van der Waals surface area contributed by atoms with E-state index < -0.39 is 29.6 Å². The topological polar surface area (TPSA) is 95.5 Å². The molecule has 2 atom stereocenters. The predicted molar refractivity (Wildman–Crippen MR) is 80.1 cm³/mol. The quantitative estimate of drug-likeness (QED) is 0.741. The van der Waals surface area contributed by atoms with E-state index in [9.17, 15) is 14.4 Å². The van der Waals surface area contributed by atoms with Crippen LogP contribution in [0.15, 0.2) is 24.3 Å². The number of carbonyl (C=O) groups is 3. The molecule has 1 aliphatic carbocycles. The van der Waals surface area contributed by atoms with Crippen LogP contribution in [0, 0.1) is 11.8 Å². The minimum Gasteiger partial charge on any atom is -0.481 e. The maximum atomic E-state index is 12.1. The highest BCUT2D eigenvalue weighted by atomic mass is 35.5. The van der Waals surface area contributed by atoms with Gasteiger partial charge in [0.2, 0.25) is 5.91 Å². The lowest BCUT2D eigenvalue weighted by Gasteiger charge is -2.27. The molecule has 0 spiro atoms. The van der Waals surface area contributed by atoms with E-state index in [4.69, 9.17) is 16.7 Å². The molecule has 0 radical (unpaired) electrons. The fraction of sp³-hybridized carbons (Fsp3) is 0.400. The summed E-state index contributed by atoms with van der Waals surface area (Å²) in [7, 11) is 0. The van der Waals surface area contributed by atoms with Crippen LogP contribution >= 0.6 is 11.6 Å². The molecular formula is C15H17ClN2O4. The average Bonchev–Trinajstić information content (AvgIpc) is 2.52. The molecule has 0 aliphatic heterocycles. The molecule has 1 aromatic rings. The van der Waals surface area contributed by atoms with Crippen LogP contribution in [-0.2, 0) is 9.59 Å². The largest absolute Gasteiger partial charge is 0.481 e. The first-order valence-corrected chi connectivity index (χ1v) is 7.45. The lowest BCUT2D eigenvalue weighted by molar-refractivity contribution is -0.149. The summed E-state index contributed by atoms with van der Waals surface area (Å²) in [6.07, 6.45) is 2.60. The van der Waals surface area contributed by atoms with E-state index in [1.807, 2.05) is 0 Å². The molecule has 2 amide bonds. The van der Waals surface area contributed by atoms with Crippen molar-refractivity contribution in [3.8, 4) is 0 Å². The summed E-state index contributed by atoms with van der Waals surface area (Å²) in [5.74, 6) is -3.26. The van der Waals surface area contributed by atoms with Gasteiger partial charge in [0.15, 0.2) is 0 Å². The molecule has 0 aromatic heterocycles. The molecule has 0 heterocycles. The normalized spacial score (nSPS) is 21.0. The number of hydrogen-bond donors (Lipinski definition) is 3. The first kappa shape index (κ1) is 16.3. The van der Waals surface area contributed by atoms with Crippen molar-refractivity contribution in [2.45, 2.75) is 25.7 Å². The number of rotatable bonds is 3. The third kappa shape index (κ3) is 3.98. The van der Waals surface area contributed by atoms with Crippen molar-refractivity contribution >= 4 is 29.4 Å². The van der Waals surface area contributed by atoms with Crippen molar-refractivity contribution in [2.75, 3.05) is 0 Å². The van der Waals surface area contributed by atoms with Crippen molar-refractivity contribution in [3.05, 3.63) is 34.9 Å². The maximum absolute atomic E-state index is 12.1. The minimum atomic E-state index is -0.971. The highest BCUT2D eigenvalue weighted by molar-refractivity contribution is 6.30. The Balaban J connectivity index is 1.94. The van der Waals surface area contributed by atoms with Gasteiger partial charge in [-0.1, -0.05) is 30.5 Å². The second kappa shape index (κ2) is 7.26. The number of carbonyl (C=O) groups excluding carboxylic acids is 2. The van der Waals surface area contributed by atoms with Gasteiger partial charge in [-0.15, -0.1) is 0 Å². The van der Waals surface area contributed by atoms with Gasteiger partial charge in [-0.05, 0) is 31.0 Å². The third-order valence-electron chi connectivity index (χ3n) is 3.81. The zero-order valence-electron chi connectivity index (χ0n) is 11.8. The van der Waals surface area contributed by atoms with Crippen LogP contribution in [-0.4, -0.2) is 22.9 Å². The lowest BCUT2D eigenvalue weighted by Crippen LogP contribution is -2.47. The number of aliphatic carboxylic acids is 1. The molecule has 0 saturated heterocycles. The molecule has 1 saturated carbocycles. The molecule has 2 rings (SSSR count). The second-order valence-electron chi connectivity index (χ2n) is 5.29. The van der Waals surface area contributed by atoms with Gasteiger partial charge >= 0.3 is 5.97 Å². The number of halogens is 1. The smallest absolute Gasteiger partial charge is 0.307 e. The molecule has 3 N–H and O–H groups in total. The van der Waals surface area contributed by atoms with Gasteiger partial charge in [0.25, 0.3) is 5.91 Å². The van der Waals surface area contributed by atoms with Crippen molar-refractivity contribution in [3.63, 3.8) is 0 Å². The molecule has 0 bridgehead atoms. The van der Waals surface area contributed by atoms with Gasteiger partial charge in [-0.3, -0.25) is 25.2 Å². The Bertz CT molecular complexity index is 591. The number of benzene rings is 1. The Hall–Kier alpha value is -2.08. The summed E-state index contributed by atoms with van der Waals surface area (Å²) in [6, 6.07) is 6.30. The number of carboxylic acid groups (broad SMARTS) is 1. The zero-order chi connectivity index (χ0) is 16.1. The highest BCUT2D eigenvalue weighted by Crippen LogP contribution is 2.30. The van der Waals surface area contributed by atoms with Crippen molar-refractivity contribution in [1.82, 2.24) is 10.9 Å². The molecule has 1 fully saturated rings. The van der Waals surface area contributed by atoms with Crippen molar-refractivity contribution in [2.24, 2.45) is 11.8 Å². The van der Waals surface area contributed by atoms with Crippen molar-refractivity contribution in [1.29, 1.82) is 0 Å². The van der Waals surface area contributed by atoms with Crippen LogP contribution in [0.1, 0.15) is 36.0 Å². The van der Waals surface area contributed by atoms with Crippen LogP contribution in [0.4, 0.5) is 0 Å². The Kier molecular flexibility index (Phi) is 5.38. The zero-order valence-corrected chi connectivity index (χ0v) is 12.6. The summed E-state index contributed by atoms with van der Waals surface area (Å²) >= 11 is 5.79. The first-order chi connectivity index (χ1) is 10.5. The summed E-state index contributed by atoms with van der Waals surface area (Å²) in [5, 5.41) is 9.58. The monoisotopic (exact) mass is 324 g/mol. The molecule has 0 unspecified atom stereocenters.